The number of nitrogens with zero attached hydrogens (tertiary/aromatic N) is 2. The van der Waals surface area contributed by atoms with E-state index >= 15 is 0 Å². The fraction of sp³-hybridized carbons (Fsp3) is 0.105. The lowest BCUT2D eigenvalue weighted by Crippen LogP contribution is -2.41. The Hall–Kier alpha value is -3.75. The molecule has 1 heterocycles. The van der Waals surface area contributed by atoms with Gasteiger partial charge in [-0.3, -0.25) is 23.5 Å². The molecule has 0 aliphatic heterocycles. The molecule has 0 radical (unpaired) electrons. The second kappa shape index (κ2) is 7.87. The number of carbonyl (C=O) groups is 1. The van der Waals surface area contributed by atoms with Crippen molar-refractivity contribution in [2.24, 2.45) is 0 Å². The number of amides is 1. The van der Waals surface area contributed by atoms with E-state index in [1.165, 1.54) is 19.5 Å². The molecule has 9 heteroatoms. The summed E-state index contributed by atoms with van der Waals surface area (Å²) in [7, 11) is 1.43. The summed E-state index contributed by atoms with van der Waals surface area (Å²) in [6.07, 6.45) is 2.56. The van der Waals surface area contributed by atoms with Crippen LogP contribution in [-0.4, -0.2) is 22.2 Å². The molecular formula is C19H15F2N3O4. The summed E-state index contributed by atoms with van der Waals surface area (Å²) >= 11 is 0. The van der Waals surface area contributed by atoms with Gasteiger partial charge in [-0.1, -0.05) is 12.1 Å². The summed E-state index contributed by atoms with van der Waals surface area (Å²) < 4.78 is 33.9. The van der Waals surface area contributed by atoms with E-state index in [1.807, 2.05) is 0 Å². The van der Waals surface area contributed by atoms with E-state index in [2.05, 4.69) is 5.32 Å². The summed E-state index contributed by atoms with van der Waals surface area (Å²) in [6, 6.07) is 9.22. The zero-order valence-electron chi connectivity index (χ0n) is 14.7. The van der Waals surface area contributed by atoms with E-state index in [4.69, 9.17) is 4.74 Å². The highest BCUT2D eigenvalue weighted by molar-refractivity contribution is 5.90. The molecule has 1 amide bonds. The fourth-order valence-corrected chi connectivity index (χ4v) is 2.59. The van der Waals surface area contributed by atoms with Crippen molar-refractivity contribution in [3.05, 3.63) is 87.2 Å². The van der Waals surface area contributed by atoms with Crippen LogP contribution in [0.25, 0.3) is 5.69 Å². The van der Waals surface area contributed by atoms with Gasteiger partial charge < -0.3 is 10.1 Å². The van der Waals surface area contributed by atoms with Crippen LogP contribution in [0.3, 0.4) is 0 Å². The van der Waals surface area contributed by atoms with E-state index in [0.717, 1.165) is 27.3 Å². The number of aromatic nitrogens is 2. The highest BCUT2D eigenvalue weighted by atomic mass is 19.1. The number of carbonyl (C=O) groups excluding carboxylic acids is 1. The molecule has 2 aromatic carbocycles. The van der Waals surface area contributed by atoms with Gasteiger partial charge >= 0.3 is 11.1 Å². The molecule has 0 unspecified atom stereocenters. The number of methoxy groups -OCH3 is 1. The third-order valence-electron chi connectivity index (χ3n) is 3.92. The van der Waals surface area contributed by atoms with E-state index in [1.54, 1.807) is 24.3 Å². The number of anilines is 1. The van der Waals surface area contributed by atoms with E-state index in [-0.39, 0.29) is 5.69 Å². The molecule has 0 spiro atoms. The van der Waals surface area contributed by atoms with Crippen LogP contribution in [0.4, 0.5) is 14.5 Å². The molecule has 0 bridgehead atoms. The second-order valence-corrected chi connectivity index (χ2v) is 5.75. The van der Waals surface area contributed by atoms with Crippen molar-refractivity contribution >= 4 is 11.6 Å². The highest BCUT2D eigenvalue weighted by Gasteiger charge is 2.14. The molecule has 1 aromatic heterocycles. The standard InChI is InChI=1S/C19H15F2N3O4/c1-28-16-5-3-2-4-15(16)24-9-8-23(18(26)19(24)27)11-17(25)22-14-10-12(20)6-7-13(14)21/h2-10H,11H2,1H3,(H,22,25). The van der Waals surface area contributed by atoms with Crippen molar-refractivity contribution in [2.75, 3.05) is 12.4 Å². The van der Waals surface area contributed by atoms with Crippen LogP contribution in [0.1, 0.15) is 0 Å². The van der Waals surface area contributed by atoms with E-state index in [9.17, 15) is 23.2 Å². The maximum atomic E-state index is 13.6. The Morgan fingerprint density at radius 1 is 1.07 bits per heavy atom. The Morgan fingerprint density at radius 2 is 1.82 bits per heavy atom. The first kappa shape index (κ1) is 19.0. The van der Waals surface area contributed by atoms with Gasteiger partial charge in [0, 0.05) is 18.5 Å². The molecule has 28 heavy (non-hydrogen) atoms. The van der Waals surface area contributed by atoms with E-state index in [0.29, 0.717) is 11.4 Å². The molecule has 0 atom stereocenters. The molecule has 0 fully saturated rings. The van der Waals surface area contributed by atoms with Gasteiger partial charge in [-0.15, -0.1) is 0 Å². The minimum Gasteiger partial charge on any atom is -0.495 e. The topological polar surface area (TPSA) is 82.3 Å². The Bertz CT molecular complexity index is 1150. The largest absolute Gasteiger partial charge is 0.495 e. The van der Waals surface area contributed by atoms with Crippen molar-refractivity contribution in [1.29, 1.82) is 0 Å². The molecule has 7 nitrogen and oxygen atoms in total. The van der Waals surface area contributed by atoms with Crippen LogP contribution in [-0.2, 0) is 11.3 Å². The van der Waals surface area contributed by atoms with Gasteiger partial charge in [-0.05, 0) is 24.3 Å². The van der Waals surface area contributed by atoms with Crippen molar-refractivity contribution in [2.45, 2.75) is 6.54 Å². The molecule has 144 valence electrons. The minimum atomic E-state index is -0.955. The average Bonchev–Trinajstić information content (AvgIpc) is 2.68. The molecule has 3 aromatic rings. The lowest BCUT2D eigenvalue weighted by atomic mass is 10.3. The predicted molar refractivity (Wildman–Crippen MR) is 97.8 cm³/mol. The molecule has 0 aliphatic rings. The summed E-state index contributed by atoms with van der Waals surface area (Å²) in [5, 5.41) is 2.17. The quantitative estimate of drug-likeness (QED) is 0.679. The highest BCUT2D eigenvalue weighted by Crippen LogP contribution is 2.20. The van der Waals surface area contributed by atoms with Crippen LogP contribution < -0.4 is 21.2 Å². The molecule has 3 rings (SSSR count). The van der Waals surface area contributed by atoms with Gasteiger partial charge in [0.1, 0.15) is 23.9 Å². The number of para-hydroxylation sites is 2. The van der Waals surface area contributed by atoms with Crippen LogP contribution in [0, 0.1) is 11.6 Å². The first-order valence-electron chi connectivity index (χ1n) is 8.11. The van der Waals surface area contributed by atoms with Crippen molar-refractivity contribution < 1.29 is 18.3 Å². The number of halogens is 2. The van der Waals surface area contributed by atoms with Gasteiger partial charge in [0.2, 0.25) is 5.91 Å². The maximum Gasteiger partial charge on any atom is 0.321 e. The van der Waals surface area contributed by atoms with Crippen LogP contribution in [0.15, 0.2) is 64.4 Å². The predicted octanol–water partition coefficient (Wildman–Crippen LogP) is 1.92. The molecule has 0 saturated carbocycles. The van der Waals surface area contributed by atoms with Gasteiger partial charge in [-0.2, -0.15) is 0 Å². The monoisotopic (exact) mass is 387 g/mol. The summed E-state index contributed by atoms with van der Waals surface area (Å²) in [6.45, 7) is -0.545. The summed E-state index contributed by atoms with van der Waals surface area (Å²) in [5.74, 6) is -1.95. The number of benzene rings is 2. The molecule has 0 saturated heterocycles. The Labute approximate surface area is 157 Å². The molecule has 0 aliphatic carbocycles. The number of hydrogen-bond acceptors (Lipinski definition) is 4. The average molecular weight is 387 g/mol. The summed E-state index contributed by atoms with van der Waals surface area (Å²) in [5.41, 5.74) is -1.84. The zero-order chi connectivity index (χ0) is 20.3. The van der Waals surface area contributed by atoms with Crippen LogP contribution in [0.5, 0.6) is 5.75 Å². The zero-order valence-corrected chi connectivity index (χ0v) is 14.7. The number of hydrogen-bond donors (Lipinski definition) is 1. The smallest absolute Gasteiger partial charge is 0.321 e. The van der Waals surface area contributed by atoms with Crippen molar-refractivity contribution in [1.82, 2.24) is 9.13 Å². The molecule has 1 N–H and O–H groups in total. The van der Waals surface area contributed by atoms with Crippen LogP contribution >= 0.6 is 0 Å². The SMILES string of the molecule is COc1ccccc1-n1ccn(CC(=O)Nc2cc(F)ccc2F)c(=O)c1=O. The van der Waals surface area contributed by atoms with Crippen LogP contribution in [0.2, 0.25) is 0 Å². The van der Waals surface area contributed by atoms with Gasteiger partial charge in [0.05, 0.1) is 18.5 Å². The first-order valence-corrected chi connectivity index (χ1v) is 8.11. The number of ether oxygens (including phenoxy) is 1. The lowest BCUT2D eigenvalue weighted by Gasteiger charge is -2.12. The van der Waals surface area contributed by atoms with E-state index < -0.39 is 35.2 Å². The third-order valence-corrected chi connectivity index (χ3v) is 3.92. The van der Waals surface area contributed by atoms with Crippen molar-refractivity contribution in [3.63, 3.8) is 0 Å². The van der Waals surface area contributed by atoms with Crippen molar-refractivity contribution in [3.8, 4) is 11.4 Å². The first-order chi connectivity index (χ1) is 13.4. The lowest BCUT2D eigenvalue weighted by molar-refractivity contribution is -0.116. The Morgan fingerprint density at radius 3 is 2.57 bits per heavy atom. The Balaban J connectivity index is 1.87. The number of nitrogens with one attached hydrogen (secondary N) is 1. The van der Waals surface area contributed by atoms with Gasteiger partial charge in [0.15, 0.2) is 0 Å². The third kappa shape index (κ3) is 3.83. The normalized spacial score (nSPS) is 10.5. The second-order valence-electron chi connectivity index (χ2n) is 5.75. The van der Waals surface area contributed by atoms with Gasteiger partial charge in [0.25, 0.3) is 0 Å². The summed E-state index contributed by atoms with van der Waals surface area (Å²) in [4.78, 5) is 36.9. The Kier molecular flexibility index (Phi) is 5.35. The fourth-order valence-electron chi connectivity index (χ4n) is 2.59. The molecular weight excluding hydrogens is 372 g/mol. The minimum absolute atomic E-state index is 0.361. The maximum absolute atomic E-state index is 13.6. The van der Waals surface area contributed by atoms with Gasteiger partial charge in [-0.25, -0.2) is 8.78 Å². The number of rotatable bonds is 5.